The zero-order chi connectivity index (χ0) is 15.6. The highest BCUT2D eigenvalue weighted by molar-refractivity contribution is 9.11. The molecule has 0 bridgehead atoms. The van der Waals surface area contributed by atoms with Crippen LogP contribution in [0.3, 0.4) is 0 Å². The molecule has 1 aromatic rings. The molecule has 1 saturated heterocycles. The van der Waals surface area contributed by atoms with Crippen LogP contribution in [0.5, 0.6) is 0 Å². The minimum Gasteiger partial charge on any atom is -0.323 e. The second kappa shape index (κ2) is 6.51. The van der Waals surface area contributed by atoms with Crippen molar-refractivity contribution in [2.45, 2.75) is 12.5 Å². The van der Waals surface area contributed by atoms with Crippen molar-refractivity contribution < 1.29 is 13.2 Å². The molecule has 2 rings (SSSR count). The molecule has 1 atom stereocenters. The van der Waals surface area contributed by atoms with Crippen LogP contribution in [0.2, 0.25) is 0 Å². The zero-order valence-corrected chi connectivity index (χ0v) is 15.0. The van der Waals surface area contributed by atoms with Gasteiger partial charge in [-0.25, -0.2) is 8.42 Å². The molecule has 1 fully saturated rings. The van der Waals surface area contributed by atoms with Crippen molar-refractivity contribution in [1.29, 1.82) is 0 Å². The minimum atomic E-state index is -3.08. The fourth-order valence-electron chi connectivity index (χ4n) is 2.30. The molecule has 0 aliphatic carbocycles. The SMILES string of the molecule is C#CCN(C(=O)c1cc(Br)ccc1Br)C1CCS(=O)(=O)C1. The summed E-state index contributed by atoms with van der Waals surface area (Å²) in [5.74, 6) is 2.26. The van der Waals surface area contributed by atoms with E-state index in [-0.39, 0.29) is 30.0 Å². The summed E-state index contributed by atoms with van der Waals surface area (Å²) < 4.78 is 24.7. The summed E-state index contributed by atoms with van der Waals surface area (Å²) in [7, 11) is -3.08. The lowest BCUT2D eigenvalue weighted by Gasteiger charge is -2.26. The molecule has 4 nitrogen and oxygen atoms in total. The number of amides is 1. The number of hydrogen-bond acceptors (Lipinski definition) is 3. The summed E-state index contributed by atoms with van der Waals surface area (Å²) in [6, 6.07) is 4.91. The van der Waals surface area contributed by atoms with Crippen LogP contribution in [-0.2, 0) is 9.84 Å². The van der Waals surface area contributed by atoms with Gasteiger partial charge in [0.1, 0.15) is 0 Å². The quantitative estimate of drug-likeness (QED) is 0.686. The van der Waals surface area contributed by atoms with E-state index in [0.717, 1.165) is 4.47 Å². The molecule has 1 heterocycles. The number of nitrogens with zero attached hydrogens (tertiary/aromatic N) is 1. The maximum absolute atomic E-state index is 12.7. The molecule has 1 aromatic carbocycles. The van der Waals surface area contributed by atoms with Gasteiger partial charge >= 0.3 is 0 Å². The average molecular weight is 435 g/mol. The third-order valence-electron chi connectivity index (χ3n) is 3.33. The lowest BCUT2D eigenvalue weighted by atomic mass is 10.1. The Bertz CT molecular complexity index is 709. The molecule has 0 saturated carbocycles. The van der Waals surface area contributed by atoms with Crippen LogP contribution in [0, 0.1) is 12.3 Å². The van der Waals surface area contributed by atoms with Gasteiger partial charge in [0.15, 0.2) is 9.84 Å². The first-order valence-corrected chi connectivity index (χ1v) is 9.64. The number of carbonyl (C=O) groups is 1. The van der Waals surface area contributed by atoms with Gasteiger partial charge in [0.2, 0.25) is 0 Å². The molecule has 112 valence electrons. The predicted molar refractivity (Wildman–Crippen MR) is 88.8 cm³/mol. The summed E-state index contributed by atoms with van der Waals surface area (Å²) in [5.41, 5.74) is 0.462. The smallest absolute Gasteiger partial charge is 0.256 e. The van der Waals surface area contributed by atoms with E-state index in [1.807, 2.05) is 6.07 Å². The van der Waals surface area contributed by atoms with Gasteiger partial charge in [-0.05, 0) is 40.5 Å². The zero-order valence-electron chi connectivity index (χ0n) is 11.1. The van der Waals surface area contributed by atoms with Crippen LogP contribution in [0.1, 0.15) is 16.8 Å². The number of halogens is 2. The second-order valence-electron chi connectivity index (χ2n) is 4.82. The lowest BCUT2D eigenvalue weighted by Crippen LogP contribution is -2.41. The molecule has 0 aromatic heterocycles. The molecule has 1 amide bonds. The Labute approximate surface area is 141 Å². The molecular formula is C14H13Br2NO3S. The Morgan fingerprint density at radius 3 is 2.71 bits per heavy atom. The molecule has 21 heavy (non-hydrogen) atoms. The highest BCUT2D eigenvalue weighted by Gasteiger charge is 2.35. The maximum atomic E-state index is 12.7. The third kappa shape index (κ3) is 3.87. The molecule has 0 N–H and O–H groups in total. The van der Waals surface area contributed by atoms with E-state index < -0.39 is 9.84 Å². The number of benzene rings is 1. The van der Waals surface area contributed by atoms with E-state index in [9.17, 15) is 13.2 Å². The van der Waals surface area contributed by atoms with E-state index in [1.54, 1.807) is 12.1 Å². The molecule has 7 heteroatoms. The Morgan fingerprint density at radius 2 is 2.14 bits per heavy atom. The van der Waals surface area contributed by atoms with Crippen molar-refractivity contribution in [3.63, 3.8) is 0 Å². The van der Waals surface area contributed by atoms with Crippen molar-refractivity contribution in [3.05, 3.63) is 32.7 Å². The van der Waals surface area contributed by atoms with Crippen LogP contribution < -0.4 is 0 Å². The lowest BCUT2D eigenvalue weighted by molar-refractivity contribution is 0.0723. The monoisotopic (exact) mass is 433 g/mol. The van der Waals surface area contributed by atoms with E-state index in [2.05, 4.69) is 37.8 Å². The van der Waals surface area contributed by atoms with Crippen molar-refractivity contribution in [2.75, 3.05) is 18.1 Å². The van der Waals surface area contributed by atoms with Gasteiger partial charge in [0, 0.05) is 15.0 Å². The highest BCUT2D eigenvalue weighted by atomic mass is 79.9. The van der Waals surface area contributed by atoms with Crippen molar-refractivity contribution in [3.8, 4) is 12.3 Å². The number of rotatable bonds is 3. The van der Waals surface area contributed by atoms with Gasteiger partial charge in [-0.15, -0.1) is 6.42 Å². The molecule has 0 spiro atoms. The van der Waals surface area contributed by atoms with Gasteiger partial charge in [0.05, 0.1) is 23.6 Å². The highest BCUT2D eigenvalue weighted by Crippen LogP contribution is 2.26. The van der Waals surface area contributed by atoms with E-state index >= 15 is 0 Å². The van der Waals surface area contributed by atoms with E-state index in [1.165, 1.54) is 4.90 Å². The van der Waals surface area contributed by atoms with Gasteiger partial charge < -0.3 is 4.90 Å². The van der Waals surface area contributed by atoms with Crippen LogP contribution in [0.4, 0.5) is 0 Å². The summed E-state index contributed by atoms with van der Waals surface area (Å²) in [5, 5.41) is 0. The third-order valence-corrected chi connectivity index (χ3v) is 6.27. The van der Waals surface area contributed by atoms with Gasteiger partial charge in [0.25, 0.3) is 5.91 Å². The second-order valence-corrected chi connectivity index (χ2v) is 8.82. The molecule has 1 aliphatic heterocycles. The number of sulfone groups is 1. The number of carbonyl (C=O) groups excluding carboxylic acids is 1. The van der Waals surface area contributed by atoms with Crippen molar-refractivity contribution in [1.82, 2.24) is 4.90 Å². The summed E-state index contributed by atoms with van der Waals surface area (Å²) in [4.78, 5) is 14.2. The van der Waals surface area contributed by atoms with Gasteiger partial charge in [-0.3, -0.25) is 4.79 Å². The largest absolute Gasteiger partial charge is 0.323 e. The maximum Gasteiger partial charge on any atom is 0.256 e. The normalized spacial score (nSPS) is 20.0. The first kappa shape index (κ1) is 16.5. The van der Waals surface area contributed by atoms with Crippen molar-refractivity contribution >= 4 is 47.6 Å². The van der Waals surface area contributed by atoms with Crippen LogP contribution in [-0.4, -0.2) is 43.3 Å². The first-order valence-electron chi connectivity index (χ1n) is 6.24. The van der Waals surface area contributed by atoms with Gasteiger partial charge in [-0.1, -0.05) is 21.9 Å². The number of terminal acetylenes is 1. The molecule has 1 unspecified atom stereocenters. The Hall–Kier alpha value is -0.840. The Kier molecular flexibility index (Phi) is 5.12. The molecule has 1 aliphatic rings. The first-order chi connectivity index (χ1) is 9.84. The average Bonchev–Trinajstić information content (AvgIpc) is 2.78. The van der Waals surface area contributed by atoms with Crippen LogP contribution in [0.15, 0.2) is 27.1 Å². The fourth-order valence-corrected chi connectivity index (χ4v) is 4.81. The van der Waals surface area contributed by atoms with Crippen LogP contribution in [0.25, 0.3) is 0 Å². The topological polar surface area (TPSA) is 54.5 Å². The van der Waals surface area contributed by atoms with E-state index in [4.69, 9.17) is 6.42 Å². The number of hydrogen-bond donors (Lipinski definition) is 0. The summed E-state index contributed by atoms with van der Waals surface area (Å²) in [6.07, 6.45) is 5.77. The summed E-state index contributed by atoms with van der Waals surface area (Å²) >= 11 is 6.67. The van der Waals surface area contributed by atoms with Gasteiger partial charge in [-0.2, -0.15) is 0 Å². The van der Waals surface area contributed by atoms with E-state index in [0.29, 0.717) is 16.5 Å². The summed E-state index contributed by atoms with van der Waals surface area (Å²) in [6.45, 7) is 0.0952. The fraction of sp³-hybridized carbons (Fsp3) is 0.357. The minimum absolute atomic E-state index is 0.0218. The molecular weight excluding hydrogens is 422 g/mol. The standard InChI is InChI=1S/C14H13Br2NO3S/c1-2-6-17(11-5-7-21(19,20)9-11)14(18)12-8-10(15)3-4-13(12)16/h1,3-4,8,11H,5-7,9H2. The molecule has 0 radical (unpaired) electrons. The Morgan fingerprint density at radius 1 is 1.43 bits per heavy atom. The Balaban J connectivity index is 2.32. The van der Waals surface area contributed by atoms with Crippen molar-refractivity contribution in [2.24, 2.45) is 0 Å². The predicted octanol–water partition coefficient (Wildman–Crippen LogP) is 2.47. The van der Waals surface area contributed by atoms with Crippen LogP contribution >= 0.6 is 31.9 Å².